The number of aryl methyl sites for hydroxylation is 1. The maximum absolute atomic E-state index is 12.9. The van der Waals surface area contributed by atoms with Crippen LogP contribution in [0.15, 0.2) is 60.8 Å². The van der Waals surface area contributed by atoms with E-state index in [1.165, 1.54) is 16.5 Å². The Morgan fingerprint density at radius 1 is 1.13 bits per heavy atom. The van der Waals surface area contributed by atoms with E-state index in [4.69, 9.17) is 4.74 Å². The molecular formula is C25H25N3O2. The summed E-state index contributed by atoms with van der Waals surface area (Å²) < 4.78 is 6.69. The zero-order chi connectivity index (χ0) is 20.3. The topological polar surface area (TPSA) is 45.7 Å². The first-order valence-corrected chi connectivity index (χ1v) is 10.8. The fraction of sp³-hybridized carbons (Fsp3) is 0.360. The quantitative estimate of drug-likeness (QED) is 0.672. The molecule has 2 aromatic carbocycles. The van der Waals surface area contributed by atoms with E-state index in [-0.39, 0.29) is 18.1 Å². The second kappa shape index (κ2) is 6.62. The minimum absolute atomic E-state index is 0.0404. The second-order valence-corrected chi connectivity index (χ2v) is 8.74. The Kier molecular flexibility index (Phi) is 3.98. The van der Waals surface area contributed by atoms with Gasteiger partial charge in [-0.1, -0.05) is 42.5 Å². The highest BCUT2D eigenvalue weighted by Gasteiger charge is 2.63. The molecular weight excluding hydrogens is 374 g/mol. The van der Waals surface area contributed by atoms with Gasteiger partial charge in [0.05, 0.1) is 18.1 Å². The highest BCUT2D eigenvalue weighted by molar-refractivity contribution is 5.83. The largest absolute Gasteiger partial charge is 0.344 e. The summed E-state index contributed by atoms with van der Waals surface area (Å²) in [6.45, 7) is 4.58. The molecule has 5 heteroatoms. The summed E-state index contributed by atoms with van der Waals surface area (Å²) in [4.78, 5) is 21.9. The second-order valence-electron chi connectivity index (χ2n) is 8.74. The SMILES string of the molecule is Cc1ccc2ncccc2c1CN1CC[C@@]23O[C@H](c4ccccc4)CN2C(=O)C[C@@H]13. The number of benzene rings is 2. The molecule has 1 amide bonds. The average Bonchev–Trinajstić information content (AvgIpc) is 3.40. The summed E-state index contributed by atoms with van der Waals surface area (Å²) in [7, 11) is 0. The fourth-order valence-electron chi connectivity index (χ4n) is 5.67. The van der Waals surface area contributed by atoms with Gasteiger partial charge in [-0.2, -0.15) is 0 Å². The van der Waals surface area contributed by atoms with Crippen LogP contribution in [0.4, 0.5) is 0 Å². The van der Waals surface area contributed by atoms with E-state index in [2.05, 4.69) is 47.1 Å². The summed E-state index contributed by atoms with van der Waals surface area (Å²) in [5.74, 6) is 0.222. The number of pyridine rings is 1. The summed E-state index contributed by atoms with van der Waals surface area (Å²) in [5, 5.41) is 1.20. The van der Waals surface area contributed by atoms with Gasteiger partial charge in [-0.05, 0) is 35.7 Å². The summed E-state index contributed by atoms with van der Waals surface area (Å²) in [6.07, 6.45) is 3.22. The van der Waals surface area contributed by atoms with E-state index in [0.717, 1.165) is 30.6 Å². The van der Waals surface area contributed by atoms with E-state index in [9.17, 15) is 4.79 Å². The molecule has 6 rings (SSSR count). The summed E-state index contributed by atoms with van der Waals surface area (Å²) >= 11 is 0. The number of amides is 1. The van der Waals surface area contributed by atoms with Crippen LogP contribution in [0.1, 0.15) is 35.6 Å². The molecule has 3 aliphatic heterocycles. The van der Waals surface area contributed by atoms with Gasteiger partial charge in [-0.25, -0.2) is 0 Å². The van der Waals surface area contributed by atoms with Crippen LogP contribution in [0.25, 0.3) is 10.9 Å². The van der Waals surface area contributed by atoms with Crippen molar-refractivity contribution in [2.24, 2.45) is 0 Å². The van der Waals surface area contributed by atoms with Crippen molar-refractivity contribution in [1.82, 2.24) is 14.8 Å². The van der Waals surface area contributed by atoms with E-state index in [1.54, 1.807) is 0 Å². The normalized spacial score (nSPS) is 28.3. The molecule has 0 aliphatic carbocycles. The third-order valence-electron chi connectivity index (χ3n) is 7.20. The van der Waals surface area contributed by atoms with Crippen molar-refractivity contribution in [2.45, 2.75) is 44.2 Å². The van der Waals surface area contributed by atoms with E-state index >= 15 is 0 Å². The molecule has 4 heterocycles. The molecule has 1 aromatic heterocycles. The van der Waals surface area contributed by atoms with Gasteiger partial charge < -0.3 is 9.64 Å². The van der Waals surface area contributed by atoms with Crippen LogP contribution in [0.2, 0.25) is 0 Å². The van der Waals surface area contributed by atoms with E-state index in [0.29, 0.717) is 13.0 Å². The van der Waals surface area contributed by atoms with Gasteiger partial charge in [-0.3, -0.25) is 14.7 Å². The number of aromatic nitrogens is 1. The zero-order valence-electron chi connectivity index (χ0n) is 17.1. The smallest absolute Gasteiger partial charge is 0.226 e. The lowest BCUT2D eigenvalue weighted by Gasteiger charge is -2.32. The van der Waals surface area contributed by atoms with Crippen LogP contribution in [0.5, 0.6) is 0 Å². The minimum atomic E-state index is -0.478. The van der Waals surface area contributed by atoms with Gasteiger partial charge in [0.2, 0.25) is 5.91 Å². The maximum atomic E-state index is 12.9. The Morgan fingerprint density at radius 2 is 2.00 bits per heavy atom. The van der Waals surface area contributed by atoms with Gasteiger partial charge in [0, 0.05) is 37.5 Å². The van der Waals surface area contributed by atoms with Gasteiger partial charge in [0.25, 0.3) is 0 Å². The Bertz CT molecular complexity index is 1130. The van der Waals surface area contributed by atoms with Gasteiger partial charge in [-0.15, -0.1) is 0 Å². The van der Waals surface area contributed by atoms with Crippen LogP contribution in [-0.2, 0) is 16.1 Å². The first-order valence-electron chi connectivity index (χ1n) is 10.8. The molecule has 3 saturated heterocycles. The number of rotatable bonds is 3. The summed E-state index contributed by atoms with van der Waals surface area (Å²) in [5.41, 5.74) is 4.28. The number of fused-ring (bicyclic) bond motifs is 1. The van der Waals surface area contributed by atoms with Crippen LogP contribution >= 0.6 is 0 Å². The molecule has 152 valence electrons. The van der Waals surface area contributed by atoms with E-state index in [1.807, 2.05) is 35.4 Å². The first kappa shape index (κ1) is 18.0. The molecule has 0 unspecified atom stereocenters. The number of ether oxygens (including phenoxy) is 1. The lowest BCUT2D eigenvalue weighted by atomic mass is 10.0. The lowest BCUT2D eigenvalue weighted by Crippen LogP contribution is -2.47. The number of carbonyl (C=O) groups excluding carboxylic acids is 1. The molecule has 5 nitrogen and oxygen atoms in total. The monoisotopic (exact) mass is 399 g/mol. The van der Waals surface area contributed by atoms with Crippen LogP contribution in [0.3, 0.4) is 0 Å². The van der Waals surface area contributed by atoms with Crippen molar-refractivity contribution in [3.8, 4) is 0 Å². The third-order valence-corrected chi connectivity index (χ3v) is 7.20. The molecule has 3 aliphatic rings. The molecule has 0 saturated carbocycles. The van der Waals surface area contributed by atoms with Crippen molar-refractivity contribution in [1.29, 1.82) is 0 Å². The predicted octanol–water partition coefficient (Wildman–Crippen LogP) is 3.82. The Morgan fingerprint density at radius 3 is 2.87 bits per heavy atom. The first-order chi connectivity index (χ1) is 14.7. The van der Waals surface area contributed by atoms with Crippen molar-refractivity contribution in [3.63, 3.8) is 0 Å². The van der Waals surface area contributed by atoms with Gasteiger partial charge in [0.15, 0.2) is 5.72 Å². The average molecular weight is 399 g/mol. The molecule has 30 heavy (non-hydrogen) atoms. The molecule has 1 spiro atoms. The molecule has 0 N–H and O–H groups in total. The number of carbonyl (C=O) groups is 1. The van der Waals surface area contributed by atoms with Crippen molar-refractivity contribution in [2.75, 3.05) is 13.1 Å². The van der Waals surface area contributed by atoms with Gasteiger partial charge in [0.1, 0.15) is 6.10 Å². The van der Waals surface area contributed by atoms with Gasteiger partial charge >= 0.3 is 0 Å². The highest BCUT2D eigenvalue weighted by Crippen LogP contribution is 2.51. The molecule has 3 atom stereocenters. The fourth-order valence-corrected chi connectivity index (χ4v) is 5.67. The van der Waals surface area contributed by atoms with Crippen LogP contribution in [-0.4, -0.2) is 45.5 Å². The number of hydrogen-bond acceptors (Lipinski definition) is 4. The Hall–Kier alpha value is -2.76. The van der Waals surface area contributed by atoms with Crippen molar-refractivity contribution >= 4 is 16.8 Å². The zero-order valence-corrected chi connectivity index (χ0v) is 17.1. The molecule has 0 radical (unpaired) electrons. The predicted molar refractivity (Wildman–Crippen MR) is 115 cm³/mol. The standard InChI is InChI=1S/C25H25N3O2/c1-17-9-10-21-19(8-5-12-26-21)20(17)15-27-13-11-25-23(27)14-24(29)28(25)16-22(30-25)18-6-3-2-4-7-18/h2-10,12,22-23H,11,13-16H2,1H3/t22-,23+,25-/m0/s1. The number of nitrogens with zero attached hydrogens (tertiary/aromatic N) is 3. The van der Waals surface area contributed by atoms with Crippen LogP contribution < -0.4 is 0 Å². The highest BCUT2D eigenvalue weighted by atomic mass is 16.5. The molecule has 3 aromatic rings. The third kappa shape index (κ3) is 2.55. The summed E-state index contributed by atoms with van der Waals surface area (Å²) in [6, 6.07) is 18.8. The Balaban J connectivity index is 1.32. The Labute approximate surface area is 176 Å². The molecule has 0 bridgehead atoms. The van der Waals surface area contributed by atoms with Crippen LogP contribution in [0, 0.1) is 6.92 Å². The maximum Gasteiger partial charge on any atom is 0.226 e. The lowest BCUT2D eigenvalue weighted by molar-refractivity contribution is -0.138. The molecule has 3 fully saturated rings. The minimum Gasteiger partial charge on any atom is -0.344 e. The van der Waals surface area contributed by atoms with Crippen molar-refractivity contribution < 1.29 is 9.53 Å². The van der Waals surface area contributed by atoms with E-state index < -0.39 is 5.72 Å². The number of likely N-dealkylation sites (tertiary alicyclic amines) is 1. The number of hydrogen-bond donors (Lipinski definition) is 0. The van der Waals surface area contributed by atoms with Crippen molar-refractivity contribution in [3.05, 3.63) is 77.5 Å².